The predicted octanol–water partition coefficient (Wildman–Crippen LogP) is -0.623. The number of primary amides is 1. The van der Waals surface area contributed by atoms with Gasteiger partial charge in [-0.2, -0.15) is 0 Å². The summed E-state index contributed by atoms with van der Waals surface area (Å²) in [6.45, 7) is 3.74. The number of H-pyrrole nitrogens is 1. The molecule has 0 fully saturated rings. The van der Waals surface area contributed by atoms with E-state index >= 15 is 0 Å². The Hall–Kier alpha value is -2.45. The van der Waals surface area contributed by atoms with Gasteiger partial charge in [0.25, 0.3) is 5.91 Å². The van der Waals surface area contributed by atoms with Gasteiger partial charge >= 0.3 is 5.97 Å². The molecule has 0 spiro atoms. The Bertz CT molecular complexity index is 511. The van der Waals surface area contributed by atoms with Gasteiger partial charge in [-0.15, -0.1) is 5.10 Å². The molecule has 0 saturated carbocycles. The average Bonchev–Trinajstić information content (AvgIpc) is 2.83. The fourth-order valence-corrected chi connectivity index (χ4v) is 1.40. The first-order chi connectivity index (χ1) is 9.31. The first-order valence-electron chi connectivity index (χ1n) is 6.05. The third-order valence-electron chi connectivity index (χ3n) is 2.54. The molecule has 1 rings (SSSR count). The second-order valence-electron chi connectivity index (χ2n) is 4.57. The van der Waals surface area contributed by atoms with Crippen LogP contribution in [0.5, 0.6) is 0 Å². The van der Waals surface area contributed by atoms with E-state index in [0.717, 1.165) is 0 Å². The maximum atomic E-state index is 11.8. The largest absolute Gasteiger partial charge is 0.480 e. The third kappa shape index (κ3) is 4.34. The van der Waals surface area contributed by atoms with Crippen LogP contribution in [0.4, 0.5) is 0 Å². The molecule has 1 atom stereocenters. The minimum atomic E-state index is -1.25. The van der Waals surface area contributed by atoms with Crippen LogP contribution < -0.4 is 11.1 Å². The standard InChI is InChI=1S/C11H17N5O4/c1-5(2)8-14-9(16-15-8)10(18)13-6(11(19)20)3-4-7(12)17/h5-6H,3-4H2,1-2H3,(H2,12,17)(H,13,18)(H,19,20)(H,14,15,16)/t6-/m0/s1. The Morgan fingerprint density at radius 2 is 2.05 bits per heavy atom. The lowest BCUT2D eigenvalue weighted by Crippen LogP contribution is -2.41. The number of rotatable bonds is 7. The highest BCUT2D eigenvalue weighted by molar-refractivity contribution is 5.93. The van der Waals surface area contributed by atoms with Crippen LogP contribution in [0.3, 0.4) is 0 Å². The fourth-order valence-electron chi connectivity index (χ4n) is 1.40. The second-order valence-corrected chi connectivity index (χ2v) is 4.57. The van der Waals surface area contributed by atoms with E-state index in [1.54, 1.807) is 0 Å². The van der Waals surface area contributed by atoms with E-state index in [-0.39, 0.29) is 24.6 Å². The number of carbonyl (C=O) groups excluding carboxylic acids is 2. The van der Waals surface area contributed by atoms with Crippen LogP contribution >= 0.6 is 0 Å². The highest BCUT2D eigenvalue weighted by atomic mass is 16.4. The van der Waals surface area contributed by atoms with Gasteiger partial charge in [0.15, 0.2) is 0 Å². The van der Waals surface area contributed by atoms with Gasteiger partial charge < -0.3 is 16.2 Å². The summed E-state index contributed by atoms with van der Waals surface area (Å²) in [5.41, 5.74) is 4.95. The Balaban J connectivity index is 2.69. The minimum absolute atomic E-state index is 0.0641. The van der Waals surface area contributed by atoms with E-state index in [0.29, 0.717) is 5.82 Å². The van der Waals surface area contributed by atoms with Gasteiger partial charge in [0, 0.05) is 12.3 Å². The second kappa shape index (κ2) is 6.64. The van der Waals surface area contributed by atoms with Crippen molar-refractivity contribution in [3.63, 3.8) is 0 Å². The molecule has 9 heteroatoms. The van der Waals surface area contributed by atoms with E-state index in [4.69, 9.17) is 10.8 Å². The van der Waals surface area contributed by atoms with Crippen molar-refractivity contribution in [3.8, 4) is 0 Å². The molecule has 20 heavy (non-hydrogen) atoms. The fraction of sp³-hybridized carbons (Fsp3) is 0.545. The molecule has 1 aromatic rings. The number of aliphatic carboxylic acids is 1. The van der Waals surface area contributed by atoms with Gasteiger partial charge in [0.2, 0.25) is 11.7 Å². The SMILES string of the molecule is CC(C)c1nc(C(=O)N[C@@H](CCC(N)=O)C(=O)O)n[nH]1. The summed E-state index contributed by atoms with van der Waals surface area (Å²) in [5.74, 6) is -2.15. The van der Waals surface area contributed by atoms with E-state index in [9.17, 15) is 14.4 Å². The van der Waals surface area contributed by atoms with Crippen LogP contribution in [0.1, 0.15) is 49.1 Å². The molecular formula is C11H17N5O4. The smallest absolute Gasteiger partial charge is 0.326 e. The van der Waals surface area contributed by atoms with E-state index < -0.39 is 23.8 Å². The van der Waals surface area contributed by atoms with Crippen LogP contribution in [0.25, 0.3) is 0 Å². The van der Waals surface area contributed by atoms with Gasteiger partial charge in [-0.25, -0.2) is 9.78 Å². The maximum Gasteiger partial charge on any atom is 0.326 e. The number of aromatic nitrogens is 3. The molecule has 0 aliphatic carbocycles. The lowest BCUT2D eigenvalue weighted by molar-refractivity contribution is -0.139. The zero-order valence-corrected chi connectivity index (χ0v) is 11.2. The van der Waals surface area contributed by atoms with Crippen LogP contribution in [0, 0.1) is 0 Å². The number of carboxylic acids is 1. The van der Waals surface area contributed by atoms with Crippen molar-refractivity contribution in [1.82, 2.24) is 20.5 Å². The maximum absolute atomic E-state index is 11.8. The summed E-state index contributed by atoms with van der Waals surface area (Å²) in [6.07, 6.45) is -0.222. The number of hydrogen-bond acceptors (Lipinski definition) is 5. The zero-order valence-electron chi connectivity index (χ0n) is 11.2. The molecule has 1 aromatic heterocycles. The number of amides is 2. The lowest BCUT2D eigenvalue weighted by atomic mass is 10.1. The molecule has 0 aromatic carbocycles. The number of nitrogens with two attached hydrogens (primary N) is 1. The zero-order chi connectivity index (χ0) is 15.3. The molecule has 0 radical (unpaired) electrons. The summed E-state index contributed by atoms with van der Waals surface area (Å²) in [6, 6.07) is -1.21. The molecule has 0 unspecified atom stereocenters. The van der Waals surface area contributed by atoms with Crippen molar-refractivity contribution in [1.29, 1.82) is 0 Å². The molecule has 110 valence electrons. The highest BCUT2D eigenvalue weighted by Gasteiger charge is 2.23. The third-order valence-corrected chi connectivity index (χ3v) is 2.54. The number of nitrogens with one attached hydrogen (secondary N) is 2. The minimum Gasteiger partial charge on any atom is -0.480 e. The normalized spacial score (nSPS) is 12.2. The Labute approximate surface area is 115 Å². The Morgan fingerprint density at radius 1 is 1.40 bits per heavy atom. The van der Waals surface area contributed by atoms with Crippen molar-refractivity contribution in [3.05, 3.63) is 11.6 Å². The molecule has 1 heterocycles. The van der Waals surface area contributed by atoms with E-state index in [1.807, 2.05) is 13.8 Å². The summed E-state index contributed by atoms with van der Waals surface area (Å²) in [7, 11) is 0. The number of carbonyl (C=O) groups is 3. The molecule has 0 saturated heterocycles. The van der Waals surface area contributed by atoms with Crippen molar-refractivity contribution in [2.24, 2.45) is 5.73 Å². The van der Waals surface area contributed by atoms with Crippen LogP contribution in [-0.4, -0.2) is 44.1 Å². The van der Waals surface area contributed by atoms with Crippen LogP contribution in [0.15, 0.2) is 0 Å². The van der Waals surface area contributed by atoms with Gasteiger partial charge in [-0.3, -0.25) is 14.7 Å². The van der Waals surface area contributed by atoms with Crippen molar-refractivity contribution < 1.29 is 19.5 Å². The molecule has 0 aliphatic heterocycles. The van der Waals surface area contributed by atoms with Gasteiger partial charge in [0.1, 0.15) is 11.9 Å². The molecular weight excluding hydrogens is 266 g/mol. The lowest BCUT2D eigenvalue weighted by Gasteiger charge is -2.11. The van der Waals surface area contributed by atoms with E-state index in [1.165, 1.54) is 0 Å². The van der Waals surface area contributed by atoms with Crippen molar-refractivity contribution in [2.75, 3.05) is 0 Å². The number of hydrogen-bond donors (Lipinski definition) is 4. The van der Waals surface area contributed by atoms with E-state index in [2.05, 4.69) is 20.5 Å². The summed E-state index contributed by atoms with van der Waals surface area (Å²) in [4.78, 5) is 37.4. The first-order valence-corrected chi connectivity index (χ1v) is 6.05. The molecule has 2 amide bonds. The number of carboxylic acid groups (broad SMARTS) is 1. The highest BCUT2D eigenvalue weighted by Crippen LogP contribution is 2.08. The first kappa shape index (κ1) is 15.6. The van der Waals surface area contributed by atoms with Crippen molar-refractivity contribution in [2.45, 2.75) is 38.6 Å². The summed E-state index contributed by atoms with van der Waals surface area (Å²) in [5, 5.41) is 17.5. The number of nitrogens with zero attached hydrogens (tertiary/aromatic N) is 2. The molecule has 0 aliphatic rings. The van der Waals surface area contributed by atoms with Gasteiger partial charge in [0.05, 0.1) is 0 Å². The monoisotopic (exact) mass is 283 g/mol. The molecule has 5 N–H and O–H groups in total. The van der Waals surface area contributed by atoms with Crippen molar-refractivity contribution >= 4 is 17.8 Å². The number of aromatic amines is 1. The summed E-state index contributed by atoms with van der Waals surface area (Å²) < 4.78 is 0. The predicted molar refractivity (Wildman–Crippen MR) is 67.8 cm³/mol. The Kier molecular flexibility index (Phi) is 5.18. The quantitative estimate of drug-likeness (QED) is 0.523. The van der Waals surface area contributed by atoms with Gasteiger partial charge in [-0.05, 0) is 6.42 Å². The summed E-state index contributed by atoms with van der Waals surface area (Å²) >= 11 is 0. The average molecular weight is 283 g/mol. The van der Waals surface area contributed by atoms with Gasteiger partial charge in [-0.1, -0.05) is 13.8 Å². The Morgan fingerprint density at radius 3 is 2.50 bits per heavy atom. The molecule has 9 nitrogen and oxygen atoms in total. The van der Waals surface area contributed by atoms with Crippen LogP contribution in [0.2, 0.25) is 0 Å². The van der Waals surface area contributed by atoms with Crippen LogP contribution in [-0.2, 0) is 9.59 Å². The topological polar surface area (TPSA) is 151 Å². The molecule has 0 bridgehead atoms.